The minimum absolute atomic E-state index is 0.353. The molecule has 90 valence electrons. The molecule has 0 saturated carbocycles. The number of nitrogens with zero attached hydrogens (tertiary/aromatic N) is 1. The first-order valence-electron chi connectivity index (χ1n) is 5.17. The Labute approximate surface area is 96.3 Å². The summed E-state index contributed by atoms with van der Waals surface area (Å²) in [6.45, 7) is 0.428. The maximum absolute atomic E-state index is 12.5. The molecule has 0 atom stereocenters. The van der Waals surface area contributed by atoms with Crippen molar-refractivity contribution in [2.24, 2.45) is 5.73 Å². The maximum atomic E-state index is 12.5. The first kappa shape index (κ1) is 11.9. The van der Waals surface area contributed by atoms with E-state index in [9.17, 15) is 13.2 Å². The van der Waals surface area contributed by atoms with Crippen LogP contribution < -0.4 is 5.73 Å². The number of alkyl halides is 3. The van der Waals surface area contributed by atoms with Gasteiger partial charge in [0.15, 0.2) is 0 Å². The molecule has 0 aliphatic heterocycles. The van der Waals surface area contributed by atoms with Crippen LogP contribution in [0.3, 0.4) is 0 Å². The van der Waals surface area contributed by atoms with Crippen molar-refractivity contribution >= 4 is 10.9 Å². The summed E-state index contributed by atoms with van der Waals surface area (Å²) in [7, 11) is 0. The molecule has 17 heavy (non-hydrogen) atoms. The van der Waals surface area contributed by atoms with Gasteiger partial charge in [0.1, 0.15) is 0 Å². The van der Waals surface area contributed by atoms with E-state index in [0.717, 1.165) is 12.1 Å². The van der Waals surface area contributed by atoms with Crippen LogP contribution in [0.5, 0.6) is 0 Å². The van der Waals surface area contributed by atoms with E-state index in [2.05, 4.69) is 4.98 Å². The molecule has 0 radical (unpaired) electrons. The van der Waals surface area contributed by atoms with E-state index in [0.29, 0.717) is 29.6 Å². The Morgan fingerprint density at radius 1 is 1.12 bits per heavy atom. The fourth-order valence-electron chi connectivity index (χ4n) is 1.62. The lowest BCUT2D eigenvalue weighted by Gasteiger charge is -2.08. The highest BCUT2D eigenvalue weighted by Gasteiger charge is 2.30. The molecule has 2 nitrogen and oxygen atoms in total. The van der Waals surface area contributed by atoms with Gasteiger partial charge in [-0.3, -0.25) is 4.98 Å². The lowest BCUT2D eigenvalue weighted by atomic mass is 10.1. The highest BCUT2D eigenvalue weighted by atomic mass is 19.4. The summed E-state index contributed by atoms with van der Waals surface area (Å²) in [6.07, 6.45) is -3.77. The van der Waals surface area contributed by atoms with Crippen molar-refractivity contribution in [2.45, 2.75) is 12.6 Å². The highest BCUT2D eigenvalue weighted by molar-refractivity contribution is 5.79. The third-order valence-electron chi connectivity index (χ3n) is 2.48. The van der Waals surface area contributed by atoms with Gasteiger partial charge in [0.2, 0.25) is 0 Å². The molecule has 0 bridgehead atoms. The molecule has 5 heteroatoms. The molecule has 1 aromatic carbocycles. The zero-order chi connectivity index (χ0) is 12.5. The lowest BCUT2D eigenvalue weighted by molar-refractivity contribution is -0.137. The van der Waals surface area contributed by atoms with Gasteiger partial charge in [-0.05, 0) is 24.7 Å². The minimum Gasteiger partial charge on any atom is -0.330 e. The molecular formula is C12H11F3N2. The Kier molecular flexibility index (Phi) is 3.02. The molecule has 1 aromatic heterocycles. The van der Waals surface area contributed by atoms with Crippen LogP contribution in [0, 0.1) is 0 Å². The minimum atomic E-state index is -4.33. The Morgan fingerprint density at radius 2 is 1.82 bits per heavy atom. The molecule has 0 aliphatic carbocycles. The molecule has 2 N–H and O–H groups in total. The van der Waals surface area contributed by atoms with Crippen molar-refractivity contribution in [3.8, 4) is 0 Å². The van der Waals surface area contributed by atoms with E-state index in [1.165, 1.54) is 6.07 Å². The Balaban J connectivity index is 2.51. The van der Waals surface area contributed by atoms with Crippen molar-refractivity contribution < 1.29 is 13.2 Å². The predicted molar refractivity (Wildman–Crippen MR) is 59.5 cm³/mol. The summed E-state index contributed by atoms with van der Waals surface area (Å²) in [5, 5.41) is 0.693. The quantitative estimate of drug-likeness (QED) is 0.876. The average Bonchev–Trinajstić information content (AvgIpc) is 2.27. The third kappa shape index (κ3) is 2.55. The van der Waals surface area contributed by atoms with Crippen molar-refractivity contribution in [2.75, 3.05) is 6.54 Å². The molecule has 0 unspecified atom stereocenters. The first-order valence-corrected chi connectivity index (χ1v) is 5.17. The van der Waals surface area contributed by atoms with Gasteiger partial charge in [-0.2, -0.15) is 13.2 Å². The highest BCUT2D eigenvalue weighted by Crippen LogP contribution is 2.30. The second-order valence-corrected chi connectivity index (χ2v) is 3.75. The van der Waals surface area contributed by atoms with E-state index in [1.54, 1.807) is 12.1 Å². The SMILES string of the molecule is NCCc1ccc2ccc(C(F)(F)F)cc2n1. The normalized spacial score (nSPS) is 12.0. The topological polar surface area (TPSA) is 38.9 Å². The van der Waals surface area contributed by atoms with Gasteiger partial charge < -0.3 is 5.73 Å². The van der Waals surface area contributed by atoms with Crippen LogP contribution >= 0.6 is 0 Å². The van der Waals surface area contributed by atoms with E-state index < -0.39 is 11.7 Å². The number of fused-ring (bicyclic) bond motifs is 1. The number of aromatic nitrogens is 1. The van der Waals surface area contributed by atoms with Gasteiger partial charge in [-0.1, -0.05) is 12.1 Å². The van der Waals surface area contributed by atoms with Gasteiger partial charge >= 0.3 is 6.18 Å². The standard InChI is InChI=1S/C12H11F3N2/c13-12(14,15)9-3-1-8-2-4-10(5-6-16)17-11(8)7-9/h1-4,7H,5-6,16H2. The molecule has 0 amide bonds. The molecule has 0 spiro atoms. The van der Waals surface area contributed by atoms with E-state index in [-0.39, 0.29) is 0 Å². The third-order valence-corrected chi connectivity index (χ3v) is 2.48. The van der Waals surface area contributed by atoms with Gasteiger partial charge in [0.25, 0.3) is 0 Å². The van der Waals surface area contributed by atoms with Crippen molar-refractivity contribution in [1.82, 2.24) is 4.98 Å². The number of hydrogen-bond donors (Lipinski definition) is 1. The van der Waals surface area contributed by atoms with Gasteiger partial charge in [-0.25, -0.2) is 0 Å². The Hall–Kier alpha value is -1.62. The number of pyridine rings is 1. The number of benzene rings is 1. The monoisotopic (exact) mass is 240 g/mol. The van der Waals surface area contributed by atoms with Crippen LogP contribution in [0.2, 0.25) is 0 Å². The zero-order valence-electron chi connectivity index (χ0n) is 8.96. The fraction of sp³-hybridized carbons (Fsp3) is 0.250. The summed E-state index contributed by atoms with van der Waals surface area (Å²) in [4.78, 5) is 4.16. The van der Waals surface area contributed by atoms with Crippen LogP contribution in [0.25, 0.3) is 10.9 Å². The average molecular weight is 240 g/mol. The van der Waals surface area contributed by atoms with Crippen LogP contribution in [0.15, 0.2) is 30.3 Å². The Morgan fingerprint density at radius 3 is 2.47 bits per heavy atom. The predicted octanol–water partition coefficient (Wildman–Crippen LogP) is 2.75. The lowest BCUT2D eigenvalue weighted by Crippen LogP contribution is -2.06. The molecule has 0 saturated heterocycles. The Bertz CT molecular complexity index is 535. The largest absolute Gasteiger partial charge is 0.416 e. The number of halogens is 3. The molecule has 0 fully saturated rings. The van der Waals surface area contributed by atoms with Gasteiger partial charge in [0.05, 0.1) is 11.1 Å². The van der Waals surface area contributed by atoms with E-state index in [4.69, 9.17) is 5.73 Å². The van der Waals surface area contributed by atoms with E-state index >= 15 is 0 Å². The van der Waals surface area contributed by atoms with Crippen molar-refractivity contribution in [3.63, 3.8) is 0 Å². The van der Waals surface area contributed by atoms with Crippen LogP contribution in [-0.2, 0) is 12.6 Å². The molecular weight excluding hydrogens is 229 g/mol. The van der Waals surface area contributed by atoms with Crippen LogP contribution in [0.1, 0.15) is 11.3 Å². The zero-order valence-corrected chi connectivity index (χ0v) is 8.96. The van der Waals surface area contributed by atoms with E-state index in [1.807, 2.05) is 0 Å². The fourth-order valence-corrected chi connectivity index (χ4v) is 1.62. The smallest absolute Gasteiger partial charge is 0.330 e. The van der Waals surface area contributed by atoms with Gasteiger partial charge in [0, 0.05) is 17.5 Å². The second-order valence-electron chi connectivity index (χ2n) is 3.75. The maximum Gasteiger partial charge on any atom is 0.416 e. The second kappa shape index (κ2) is 4.33. The van der Waals surface area contributed by atoms with Crippen LogP contribution in [-0.4, -0.2) is 11.5 Å². The molecule has 1 heterocycles. The summed E-state index contributed by atoms with van der Waals surface area (Å²) >= 11 is 0. The van der Waals surface area contributed by atoms with Gasteiger partial charge in [-0.15, -0.1) is 0 Å². The van der Waals surface area contributed by atoms with Crippen molar-refractivity contribution in [1.29, 1.82) is 0 Å². The number of hydrogen-bond acceptors (Lipinski definition) is 2. The number of rotatable bonds is 2. The summed E-state index contributed by atoms with van der Waals surface area (Å²) in [5.74, 6) is 0. The molecule has 0 aliphatic rings. The first-order chi connectivity index (χ1) is 8.00. The molecule has 2 rings (SSSR count). The summed E-state index contributed by atoms with van der Waals surface area (Å²) < 4.78 is 37.5. The number of nitrogens with two attached hydrogens (primary N) is 1. The van der Waals surface area contributed by atoms with Crippen molar-refractivity contribution in [3.05, 3.63) is 41.6 Å². The van der Waals surface area contributed by atoms with Crippen LogP contribution in [0.4, 0.5) is 13.2 Å². The summed E-state index contributed by atoms with van der Waals surface area (Å²) in [6, 6.07) is 7.09. The molecule has 2 aromatic rings. The summed E-state index contributed by atoms with van der Waals surface area (Å²) in [5.41, 5.74) is 5.77.